The number of thioether (sulfide) groups is 1. The smallest absolute Gasteiger partial charge is 0.341 e. The maximum Gasteiger partial charge on any atom is 0.341 e. The standard InChI is InChI=1S/C17H23NO4S/c1-11-7-13(8-12(2)15(11)22-9-14(19)20)16(21)18-5-6-23-17(3,4)10-18/h7-8H,5-6,9-10H2,1-4H3,(H,19,20). The van der Waals surface area contributed by atoms with Crippen molar-refractivity contribution in [1.29, 1.82) is 0 Å². The highest BCUT2D eigenvalue weighted by Gasteiger charge is 2.30. The van der Waals surface area contributed by atoms with E-state index in [1.54, 1.807) is 12.1 Å². The molecular weight excluding hydrogens is 314 g/mol. The number of carboxylic acids is 1. The number of nitrogens with zero attached hydrogens (tertiary/aromatic N) is 1. The van der Waals surface area contributed by atoms with Gasteiger partial charge in [0.25, 0.3) is 5.91 Å². The molecule has 0 spiro atoms. The lowest BCUT2D eigenvalue weighted by molar-refractivity contribution is -0.139. The lowest BCUT2D eigenvalue weighted by atomic mass is 10.0. The Morgan fingerprint density at radius 3 is 2.43 bits per heavy atom. The molecule has 1 fully saturated rings. The van der Waals surface area contributed by atoms with Crippen LogP contribution in [0.25, 0.3) is 0 Å². The number of aryl methyl sites for hydroxylation is 2. The van der Waals surface area contributed by atoms with Gasteiger partial charge in [-0.3, -0.25) is 4.79 Å². The Kier molecular flexibility index (Phi) is 5.24. The van der Waals surface area contributed by atoms with Gasteiger partial charge in [-0.1, -0.05) is 0 Å². The zero-order chi connectivity index (χ0) is 17.2. The lowest BCUT2D eigenvalue weighted by Gasteiger charge is -2.37. The summed E-state index contributed by atoms with van der Waals surface area (Å²) in [7, 11) is 0. The molecular formula is C17H23NO4S. The van der Waals surface area contributed by atoms with Crippen LogP contribution in [0.3, 0.4) is 0 Å². The van der Waals surface area contributed by atoms with Gasteiger partial charge in [0.15, 0.2) is 6.61 Å². The number of benzene rings is 1. The fourth-order valence-electron chi connectivity index (χ4n) is 2.81. The van der Waals surface area contributed by atoms with E-state index in [0.29, 0.717) is 11.3 Å². The van der Waals surface area contributed by atoms with E-state index in [9.17, 15) is 9.59 Å². The molecule has 5 nitrogen and oxygen atoms in total. The van der Waals surface area contributed by atoms with E-state index in [2.05, 4.69) is 13.8 Å². The molecule has 1 aliphatic heterocycles. The van der Waals surface area contributed by atoms with Crippen molar-refractivity contribution in [2.24, 2.45) is 0 Å². The van der Waals surface area contributed by atoms with Crippen LogP contribution in [0.5, 0.6) is 5.75 Å². The molecule has 1 aliphatic rings. The second-order valence-corrected chi connectivity index (χ2v) is 8.26. The van der Waals surface area contributed by atoms with Gasteiger partial charge in [0.05, 0.1) is 0 Å². The van der Waals surface area contributed by atoms with Crippen molar-refractivity contribution in [2.75, 3.05) is 25.4 Å². The number of carboxylic acid groups (broad SMARTS) is 1. The number of carbonyl (C=O) groups is 2. The topological polar surface area (TPSA) is 66.8 Å². The van der Waals surface area contributed by atoms with E-state index in [0.717, 1.165) is 30.0 Å². The molecule has 1 heterocycles. The normalized spacial score (nSPS) is 17.0. The minimum absolute atomic E-state index is 0.0226. The molecule has 0 aliphatic carbocycles. The highest BCUT2D eigenvalue weighted by atomic mass is 32.2. The second-order valence-electron chi connectivity index (χ2n) is 6.46. The van der Waals surface area contributed by atoms with Crippen LogP contribution < -0.4 is 4.74 Å². The van der Waals surface area contributed by atoms with Crippen molar-refractivity contribution < 1.29 is 19.4 Å². The van der Waals surface area contributed by atoms with E-state index in [1.807, 2.05) is 30.5 Å². The van der Waals surface area contributed by atoms with E-state index < -0.39 is 5.97 Å². The van der Waals surface area contributed by atoms with Crippen molar-refractivity contribution in [3.63, 3.8) is 0 Å². The van der Waals surface area contributed by atoms with Gasteiger partial charge < -0.3 is 14.7 Å². The Morgan fingerprint density at radius 2 is 1.91 bits per heavy atom. The third-order valence-corrected chi connectivity index (χ3v) is 5.06. The molecule has 23 heavy (non-hydrogen) atoms. The monoisotopic (exact) mass is 337 g/mol. The summed E-state index contributed by atoms with van der Waals surface area (Å²) < 4.78 is 5.39. The molecule has 0 bridgehead atoms. The first-order chi connectivity index (χ1) is 10.7. The molecule has 1 aromatic rings. The second kappa shape index (κ2) is 6.83. The Bertz CT molecular complexity index is 604. The Morgan fingerprint density at radius 1 is 1.30 bits per heavy atom. The van der Waals surface area contributed by atoms with E-state index in [1.165, 1.54) is 0 Å². The molecule has 1 amide bonds. The van der Waals surface area contributed by atoms with Gasteiger partial charge in [-0.2, -0.15) is 11.8 Å². The molecule has 126 valence electrons. The van der Waals surface area contributed by atoms with Gasteiger partial charge in [0.1, 0.15) is 5.75 Å². The predicted octanol–water partition coefficient (Wildman–Crippen LogP) is 2.73. The Labute approximate surface area is 141 Å². The average Bonchev–Trinajstić information content (AvgIpc) is 2.44. The summed E-state index contributed by atoms with van der Waals surface area (Å²) in [6, 6.07) is 3.56. The zero-order valence-electron chi connectivity index (χ0n) is 14.0. The van der Waals surface area contributed by atoms with Gasteiger partial charge in [-0.05, 0) is 51.0 Å². The van der Waals surface area contributed by atoms with Crippen LogP contribution >= 0.6 is 11.8 Å². The van der Waals surface area contributed by atoms with Crippen LogP contribution in [-0.4, -0.2) is 52.1 Å². The van der Waals surface area contributed by atoms with Crippen LogP contribution in [0.2, 0.25) is 0 Å². The summed E-state index contributed by atoms with van der Waals surface area (Å²) in [5, 5.41) is 8.73. The first-order valence-electron chi connectivity index (χ1n) is 7.59. The summed E-state index contributed by atoms with van der Waals surface area (Å²) >= 11 is 1.89. The molecule has 0 radical (unpaired) electrons. The average molecular weight is 337 g/mol. The minimum atomic E-state index is -1.02. The van der Waals surface area contributed by atoms with Gasteiger partial charge in [-0.15, -0.1) is 0 Å². The fraction of sp³-hybridized carbons (Fsp3) is 0.529. The Balaban J connectivity index is 2.20. The molecule has 0 atom stereocenters. The number of carbonyl (C=O) groups excluding carboxylic acids is 1. The van der Waals surface area contributed by atoms with Gasteiger partial charge >= 0.3 is 5.97 Å². The van der Waals surface area contributed by atoms with Crippen molar-refractivity contribution >= 4 is 23.6 Å². The molecule has 1 saturated heterocycles. The quantitative estimate of drug-likeness (QED) is 0.915. The van der Waals surface area contributed by atoms with Crippen molar-refractivity contribution in [1.82, 2.24) is 4.90 Å². The summed E-state index contributed by atoms with van der Waals surface area (Å²) in [5.74, 6) is 0.487. The Hall–Kier alpha value is -1.69. The number of aliphatic carboxylic acids is 1. The molecule has 1 aromatic carbocycles. The van der Waals surface area contributed by atoms with E-state index in [-0.39, 0.29) is 17.3 Å². The zero-order valence-corrected chi connectivity index (χ0v) is 14.8. The molecule has 2 rings (SSSR count). The number of amides is 1. The minimum Gasteiger partial charge on any atom is -0.481 e. The predicted molar refractivity (Wildman–Crippen MR) is 91.5 cm³/mol. The number of hydrogen-bond acceptors (Lipinski definition) is 4. The van der Waals surface area contributed by atoms with Crippen LogP contribution in [0, 0.1) is 13.8 Å². The maximum absolute atomic E-state index is 12.8. The molecule has 6 heteroatoms. The summed E-state index contributed by atoms with van der Waals surface area (Å²) in [6.45, 7) is 9.06. The summed E-state index contributed by atoms with van der Waals surface area (Å²) in [6.07, 6.45) is 0. The van der Waals surface area contributed by atoms with Gasteiger partial charge in [0.2, 0.25) is 0 Å². The largest absolute Gasteiger partial charge is 0.481 e. The lowest BCUT2D eigenvalue weighted by Crippen LogP contribution is -2.46. The van der Waals surface area contributed by atoms with Crippen molar-refractivity contribution in [2.45, 2.75) is 32.4 Å². The molecule has 1 N–H and O–H groups in total. The van der Waals surface area contributed by atoms with Crippen molar-refractivity contribution in [3.8, 4) is 5.75 Å². The summed E-state index contributed by atoms with van der Waals surface area (Å²) in [5.41, 5.74) is 2.19. The van der Waals surface area contributed by atoms with Crippen LogP contribution in [-0.2, 0) is 4.79 Å². The number of ether oxygens (including phenoxy) is 1. The third kappa shape index (κ3) is 4.41. The third-order valence-electron chi connectivity index (χ3n) is 3.76. The molecule has 0 unspecified atom stereocenters. The van der Waals surface area contributed by atoms with Crippen LogP contribution in [0.15, 0.2) is 12.1 Å². The van der Waals surface area contributed by atoms with E-state index in [4.69, 9.17) is 9.84 Å². The highest BCUT2D eigenvalue weighted by Crippen LogP contribution is 2.31. The summed E-state index contributed by atoms with van der Waals surface area (Å²) in [4.78, 5) is 25.3. The van der Waals surface area contributed by atoms with Crippen molar-refractivity contribution in [3.05, 3.63) is 28.8 Å². The van der Waals surface area contributed by atoms with Gasteiger partial charge in [-0.25, -0.2) is 4.79 Å². The van der Waals surface area contributed by atoms with Crippen LogP contribution in [0.1, 0.15) is 35.3 Å². The first-order valence-corrected chi connectivity index (χ1v) is 8.57. The maximum atomic E-state index is 12.8. The highest BCUT2D eigenvalue weighted by molar-refractivity contribution is 8.00. The van der Waals surface area contributed by atoms with E-state index >= 15 is 0 Å². The fourth-order valence-corrected chi connectivity index (χ4v) is 3.92. The first kappa shape index (κ1) is 17.7. The molecule has 0 aromatic heterocycles. The number of hydrogen-bond donors (Lipinski definition) is 1. The SMILES string of the molecule is Cc1cc(C(=O)N2CCSC(C)(C)C2)cc(C)c1OCC(=O)O. The van der Waals surface area contributed by atoms with Gasteiger partial charge in [0, 0.05) is 29.2 Å². The number of rotatable bonds is 4. The van der Waals surface area contributed by atoms with Crippen LogP contribution in [0.4, 0.5) is 0 Å². The molecule has 0 saturated carbocycles.